The van der Waals surface area contributed by atoms with Crippen LogP contribution in [-0.2, 0) is 14.3 Å². The molecule has 1 saturated heterocycles. The maximum absolute atomic E-state index is 11.9. The van der Waals surface area contributed by atoms with E-state index in [1.165, 1.54) is 0 Å². The van der Waals surface area contributed by atoms with Crippen LogP contribution in [0, 0.1) is 11.3 Å². The Morgan fingerprint density at radius 3 is 2.31 bits per heavy atom. The van der Waals surface area contributed by atoms with E-state index in [-0.39, 0.29) is 46.9 Å². The number of piperidine rings is 1. The summed E-state index contributed by atoms with van der Waals surface area (Å²) in [4.78, 5) is 18.9. The van der Waals surface area contributed by atoms with Gasteiger partial charge >= 0.3 is 5.97 Å². The van der Waals surface area contributed by atoms with Gasteiger partial charge in [-0.05, 0) is 40.0 Å². The first-order valence-electron chi connectivity index (χ1n) is 9.56. The highest BCUT2D eigenvalue weighted by molar-refractivity contribution is 14.0. The van der Waals surface area contributed by atoms with Crippen molar-refractivity contribution in [2.24, 2.45) is 16.3 Å². The maximum atomic E-state index is 11.9. The summed E-state index contributed by atoms with van der Waals surface area (Å²) in [6, 6.07) is 0.338. The lowest BCUT2D eigenvalue weighted by Crippen LogP contribution is -2.69. The van der Waals surface area contributed by atoms with Gasteiger partial charge in [0.25, 0.3) is 0 Å². The zero-order valence-corrected chi connectivity index (χ0v) is 19.5. The van der Waals surface area contributed by atoms with E-state index in [9.17, 15) is 4.79 Å². The lowest BCUT2D eigenvalue weighted by Gasteiger charge is -2.59. The first-order chi connectivity index (χ1) is 11.8. The number of aliphatic imine (C=N–C) groups is 1. The molecule has 2 aliphatic rings. The monoisotopic (exact) mass is 481 g/mol. The van der Waals surface area contributed by atoms with Crippen LogP contribution < -0.4 is 5.32 Å². The molecule has 6 nitrogen and oxygen atoms in total. The molecule has 2 unspecified atom stereocenters. The number of hydrogen-bond acceptors (Lipinski definition) is 4. The Kier molecular flexibility index (Phi) is 8.64. The number of esters is 1. The van der Waals surface area contributed by atoms with Gasteiger partial charge in [0.15, 0.2) is 5.96 Å². The molecule has 152 valence electrons. The molecule has 0 aromatic carbocycles. The van der Waals surface area contributed by atoms with Crippen LogP contribution in [0.3, 0.4) is 0 Å². The third-order valence-electron chi connectivity index (χ3n) is 6.30. The van der Waals surface area contributed by atoms with Crippen LogP contribution in [0.25, 0.3) is 0 Å². The van der Waals surface area contributed by atoms with E-state index in [1.807, 2.05) is 6.92 Å². The van der Waals surface area contributed by atoms with Crippen LogP contribution in [0.4, 0.5) is 0 Å². The number of nitrogens with zero attached hydrogens (tertiary/aromatic N) is 2. The van der Waals surface area contributed by atoms with Crippen molar-refractivity contribution in [2.45, 2.75) is 65.5 Å². The Labute approximate surface area is 175 Å². The lowest BCUT2D eigenvalue weighted by molar-refractivity contribution is -0.177. The summed E-state index contributed by atoms with van der Waals surface area (Å²) < 4.78 is 10.9. The van der Waals surface area contributed by atoms with E-state index in [1.54, 1.807) is 7.11 Å². The summed E-state index contributed by atoms with van der Waals surface area (Å²) >= 11 is 0. The number of carbonyl (C=O) groups excluding carboxylic acids is 1. The minimum absolute atomic E-state index is 0. The molecule has 26 heavy (non-hydrogen) atoms. The molecule has 0 aromatic rings. The highest BCUT2D eigenvalue weighted by Crippen LogP contribution is 2.51. The first kappa shape index (κ1) is 23.5. The van der Waals surface area contributed by atoms with Crippen molar-refractivity contribution in [2.75, 3.05) is 33.4 Å². The molecular formula is C19H36IN3O3. The second kappa shape index (κ2) is 9.57. The third-order valence-corrected chi connectivity index (χ3v) is 6.30. The zero-order valence-electron chi connectivity index (χ0n) is 17.1. The van der Waals surface area contributed by atoms with Gasteiger partial charge in [0, 0.05) is 38.2 Å². The van der Waals surface area contributed by atoms with Crippen molar-refractivity contribution < 1.29 is 14.3 Å². The Bertz CT molecular complexity index is 504. The first-order valence-corrected chi connectivity index (χ1v) is 9.56. The molecule has 1 aliphatic carbocycles. The van der Waals surface area contributed by atoms with Crippen molar-refractivity contribution >= 4 is 35.9 Å². The summed E-state index contributed by atoms with van der Waals surface area (Å²) in [6.07, 6.45) is 2.62. The maximum Gasteiger partial charge on any atom is 0.309 e. The summed E-state index contributed by atoms with van der Waals surface area (Å²) in [7, 11) is 1.79. The summed E-state index contributed by atoms with van der Waals surface area (Å²) in [5.41, 5.74) is -0.0571. The van der Waals surface area contributed by atoms with Crippen molar-refractivity contribution in [3.8, 4) is 0 Å². The van der Waals surface area contributed by atoms with Crippen molar-refractivity contribution in [3.05, 3.63) is 0 Å². The van der Waals surface area contributed by atoms with Crippen LogP contribution in [0.15, 0.2) is 4.99 Å². The van der Waals surface area contributed by atoms with E-state index in [0.717, 1.165) is 44.9 Å². The minimum atomic E-state index is -0.0983. The SMILES string of the molecule is CCN=C(NC1CC(C)(OC)C1(C)C)N1CCC(C(=O)OCC)CC1.I. The molecular weight excluding hydrogens is 445 g/mol. The third kappa shape index (κ3) is 4.64. The molecule has 0 aromatic heterocycles. The van der Waals surface area contributed by atoms with E-state index in [4.69, 9.17) is 9.47 Å². The van der Waals surface area contributed by atoms with Gasteiger partial charge < -0.3 is 19.7 Å². The van der Waals surface area contributed by atoms with Gasteiger partial charge in [-0.2, -0.15) is 0 Å². The number of halogens is 1. The van der Waals surface area contributed by atoms with Crippen molar-refractivity contribution in [3.63, 3.8) is 0 Å². The predicted octanol–water partition coefficient (Wildman–Crippen LogP) is 3.05. The predicted molar refractivity (Wildman–Crippen MR) is 115 cm³/mol. The van der Waals surface area contributed by atoms with Crippen LogP contribution in [0.1, 0.15) is 53.9 Å². The van der Waals surface area contributed by atoms with Crippen molar-refractivity contribution in [1.82, 2.24) is 10.2 Å². The Morgan fingerprint density at radius 1 is 1.23 bits per heavy atom. The highest BCUT2D eigenvalue weighted by Gasteiger charge is 2.58. The molecule has 2 rings (SSSR count). The van der Waals surface area contributed by atoms with E-state index in [2.05, 4.69) is 42.9 Å². The van der Waals surface area contributed by atoms with Crippen LogP contribution in [0.2, 0.25) is 0 Å². The van der Waals surface area contributed by atoms with Crippen LogP contribution in [-0.4, -0.2) is 61.8 Å². The average Bonchev–Trinajstić information content (AvgIpc) is 2.60. The molecule has 0 spiro atoms. The molecule has 0 bridgehead atoms. The Balaban J connectivity index is 0.00000338. The van der Waals surface area contributed by atoms with Gasteiger partial charge in [-0.3, -0.25) is 9.79 Å². The number of hydrogen-bond donors (Lipinski definition) is 1. The molecule has 2 atom stereocenters. The van der Waals surface area contributed by atoms with Crippen molar-refractivity contribution in [1.29, 1.82) is 0 Å². The number of likely N-dealkylation sites (tertiary alicyclic amines) is 1. The van der Waals surface area contributed by atoms with Gasteiger partial charge in [0.2, 0.25) is 0 Å². The Hall–Kier alpha value is -0.570. The fraction of sp³-hybridized carbons (Fsp3) is 0.895. The quantitative estimate of drug-likeness (QED) is 0.283. The smallest absolute Gasteiger partial charge is 0.309 e. The molecule has 0 radical (unpaired) electrons. The minimum Gasteiger partial charge on any atom is -0.466 e. The number of carbonyl (C=O) groups is 1. The summed E-state index contributed by atoms with van der Waals surface area (Å²) in [5, 5.41) is 3.65. The average molecular weight is 481 g/mol. The van der Waals surface area contributed by atoms with E-state index in [0.29, 0.717) is 12.6 Å². The van der Waals surface area contributed by atoms with Gasteiger partial charge in [-0.25, -0.2) is 0 Å². The van der Waals surface area contributed by atoms with Gasteiger partial charge in [-0.15, -0.1) is 24.0 Å². The molecule has 1 aliphatic heterocycles. The van der Waals surface area contributed by atoms with Gasteiger partial charge in [0.1, 0.15) is 0 Å². The second-order valence-electron chi connectivity index (χ2n) is 7.87. The van der Waals surface area contributed by atoms with E-state index >= 15 is 0 Å². The molecule has 1 saturated carbocycles. The lowest BCUT2D eigenvalue weighted by atomic mass is 9.56. The van der Waals surface area contributed by atoms with Gasteiger partial charge in [0.05, 0.1) is 18.1 Å². The summed E-state index contributed by atoms with van der Waals surface area (Å²) in [5.74, 6) is 0.928. The molecule has 0 amide bonds. The second-order valence-corrected chi connectivity index (χ2v) is 7.87. The fourth-order valence-electron chi connectivity index (χ4n) is 3.85. The van der Waals surface area contributed by atoms with Crippen LogP contribution >= 0.6 is 24.0 Å². The number of rotatable bonds is 5. The zero-order chi connectivity index (χ0) is 18.7. The highest BCUT2D eigenvalue weighted by atomic mass is 127. The fourth-order valence-corrected chi connectivity index (χ4v) is 3.85. The number of ether oxygens (including phenoxy) is 2. The molecule has 2 fully saturated rings. The Morgan fingerprint density at radius 2 is 1.85 bits per heavy atom. The van der Waals surface area contributed by atoms with Crippen LogP contribution in [0.5, 0.6) is 0 Å². The summed E-state index contributed by atoms with van der Waals surface area (Å²) in [6.45, 7) is 13.4. The van der Waals surface area contributed by atoms with E-state index < -0.39 is 0 Å². The normalized spacial score (nSPS) is 28.8. The largest absolute Gasteiger partial charge is 0.466 e. The molecule has 1 heterocycles. The number of nitrogens with one attached hydrogen (secondary N) is 1. The molecule has 7 heteroatoms. The number of guanidine groups is 1. The van der Waals surface area contributed by atoms with Gasteiger partial charge in [-0.1, -0.05) is 13.8 Å². The number of methoxy groups -OCH3 is 1. The topological polar surface area (TPSA) is 63.2 Å². The molecule has 1 N–H and O–H groups in total. The standard InChI is InChI=1S/C19H35N3O3.HI/c1-7-20-17(21-15-13-19(5,24-6)18(15,3)4)22-11-9-14(10-12-22)16(23)25-8-2;/h14-15H,7-13H2,1-6H3,(H,20,21);1H.